The topological polar surface area (TPSA) is 27.8 Å². The van der Waals surface area contributed by atoms with Gasteiger partial charge in [0.05, 0.1) is 17.3 Å². The molecule has 0 radical (unpaired) electrons. The second kappa shape index (κ2) is 5.13. The molecule has 0 aliphatic carbocycles. The van der Waals surface area contributed by atoms with E-state index in [4.69, 9.17) is 11.6 Å². The van der Waals surface area contributed by atoms with Gasteiger partial charge < -0.3 is 10.3 Å². The van der Waals surface area contributed by atoms with Gasteiger partial charge in [-0.15, -0.1) is 0 Å². The molecule has 102 valence electrons. The number of aromatic nitrogens is 1. The van der Waals surface area contributed by atoms with Crippen LogP contribution in [0.15, 0.2) is 42.5 Å². The Hall–Kier alpha value is -2.07. The van der Waals surface area contributed by atoms with Gasteiger partial charge in [0.1, 0.15) is 11.6 Å². The van der Waals surface area contributed by atoms with Crippen LogP contribution in [-0.2, 0) is 6.54 Å². The third-order valence-corrected chi connectivity index (χ3v) is 3.48. The first-order valence-electron chi connectivity index (χ1n) is 6.08. The van der Waals surface area contributed by atoms with Crippen molar-refractivity contribution in [3.05, 3.63) is 64.8 Å². The van der Waals surface area contributed by atoms with E-state index in [0.29, 0.717) is 17.3 Å². The van der Waals surface area contributed by atoms with Crippen LogP contribution in [0, 0.1) is 11.6 Å². The van der Waals surface area contributed by atoms with E-state index in [9.17, 15) is 8.78 Å². The Kier molecular flexibility index (Phi) is 3.32. The molecular formula is C15H11ClF2N2. The zero-order valence-electron chi connectivity index (χ0n) is 10.4. The van der Waals surface area contributed by atoms with Gasteiger partial charge >= 0.3 is 0 Å². The largest absolute Gasteiger partial charge is 0.379 e. The predicted molar refractivity (Wildman–Crippen MR) is 77.0 cm³/mol. The average molecular weight is 293 g/mol. The maximum atomic E-state index is 13.1. The summed E-state index contributed by atoms with van der Waals surface area (Å²) in [6, 6.07) is 11.0. The minimum atomic E-state index is -0.616. The molecule has 1 heterocycles. The summed E-state index contributed by atoms with van der Waals surface area (Å²) in [5.74, 6) is -1.23. The summed E-state index contributed by atoms with van der Waals surface area (Å²) in [7, 11) is 0. The van der Waals surface area contributed by atoms with Crippen LogP contribution in [0.3, 0.4) is 0 Å². The molecule has 0 atom stereocenters. The highest BCUT2D eigenvalue weighted by Gasteiger charge is 2.09. The number of rotatable bonds is 3. The van der Waals surface area contributed by atoms with Crippen LogP contribution in [0.1, 0.15) is 5.69 Å². The van der Waals surface area contributed by atoms with Crippen LogP contribution < -0.4 is 5.32 Å². The Morgan fingerprint density at radius 2 is 1.75 bits per heavy atom. The first-order chi connectivity index (χ1) is 9.63. The van der Waals surface area contributed by atoms with Crippen molar-refractivity contribution >= 4 is 28.2 Å². The van der Waals surface area contributed by atoms with Crippen molar-refractivity contribution < 1.29 is 8.78 Å². The summed E-state index contributed by atoms with van der Waals surface area (Å²) in [6.07, 6.45) is 0. The average Bonchev–Trinajstić information content (AvgIpc) is 2.73. The van der Waals surface area contributed by atoms with Gasteiger partial charge in [0.2, 0.25) is 0 Å². The molecule has 0 amide bonds. The fourth-order valence-corrected chi connectivity index (χ4v) is 2.41. The number of anilines is 1. The second-order valence-electron chi connectivity index (χ2n) is 4.47. The van der Waals surface area contributed by atoms with Crippen molar-refractivity contribution in [2.75, 3.05) is 5.32 Å². The van der Waals surface area contributed by atoms with E-state index in [1.54, 1.807) is 0 Å². The molecular weight excluding hydrogens is 282 g/mol. The third-order valence-electron chi connectivity index (χ3n) is 3.05. The quantitative estimate of drug-likeness (QED) is 0.719. The summed E-state index contributed by atoms with van der Waals surface area (Å²) in [5, 5.41) is 4.49. The molecule has 0 fully saturated rings. The number of halogens is 3. The Morgan fingerprint density at radius 3 is 2.45 bits per heavy atom. The van der Waals surface area contributed by atoms with Crippen molar-refractivity contribution in [2.45, 2.75) is 6.54 Å². The minimum absolute atomic E-state index is 0.358. The third kappa shape index (κ3) is 2.47. The smallest absolute Gasteiger partial charge is 0.128 e. The van der Waals surface area contributed by atoms with Crippen LogP contribution in [0.5, 0.6) is 0 Å². The summed E-state index contributed by atoms with van der Waals surface area (Å²) in [5.41, 5.74) is 2.08. The second-order valence-corrected chi connectivity index (χ2v) is 4.85. The number of hydrogen-bond acceptors (Lipinski definition) is 1. The lowest BCUT2D eigenvalue weighted by molar-refractivity contribution is 0.584. The lowest BCUT2D eigenvalue weighted by Crippen LogP contribution is -2.01. The van der Waals surface area contributed by atoms with Crippen LogP contribution >= 0.6 is 11.6 Å². The van der Waals surface area contributed by atoms with E-state index in [2.05, 4.69) is 10.3 Å². The van der Waals surface area contributed by atoms with Gasteiger partial charge in [-0.25, -0.2) is 8.78 Å². The maximum Gasteiger partial charge on any atom is 0.128 e. The number of nitrogens with one attached hydrogen (secondary N) is 2. The lowest BCUT2D eigenvalue weighted by Gasteiger charge is -2.06. The standard InChI is InChI=1S/C15H11ClF2N2/c16-15-12-3-1-2-4-13(12)20-14(15)8-19-11-6-9(17)5-10(18)7-11/h1-7,19-20H,8H2. The molecule has 2 aromatic carbocycles. The zero-order chi connectivity index (χ0) is 14.1. The highest BCUT2D eigenvalue weighted by molar-refractivity contribution is 6.36. The van der Waals surface area contributed by atoms with Crippen molar-refractivity contribution in [2.24, 2.45) is 0 Å². The molecule has 0 aliphatic rings. The van der Waals surface area contributed by atoms with E-state index >= 15 is 0 Å². The summed E-state index contributed by atoms with van der Waals surface area (Å²) in [4.78, 5) is 3.18. The van der Waals surface area contributed by atoms with Crippen molar-refractivity contribution in [3.8, 4) is 0 Å². The van der Waals surface area contributed by atoms with E-state index in [0.717, 1.165) is 22.7 Å². The fraction of sp³-hybridized carbons (Fsp3) is 0.0667. The summed E-state index contributed by atoms with van der Waals surface area (Å²) in [6.45, 7) is 0.358. The number of H-pyrrole nitrogens is 1. The SMILES string of the molecule is Fc1cc(F)cc(NCc2[nH]c3ccccc3c2Cl)c1. The highest BCUT2D eigenvalue weighted by atomic mass is 35.5. The molecule has 3 rings (SSSR count). The van der Waals surface area contributed by atoms with Crippen molar-refractivity contribution in [3.63, 3.8) is 0 Å². The van der Waals surface area contributed by atoms with E-state index in [-0.39, 0.29) is 0 Å². The number of benzene rings is 2. The van der Waals surface area contributed by atoms with Crippen LogP contribution in [-0.4, -0.2) is 4.98 Å². The van der Waals surface area contributed by atoms with Gasteiger partial charge in [-0.1, -0.05) is 29.8 Å². The van der Waals surface area contributed by atoms with Gasteiger partial charge in [-0.3, -0.25) is 0 Å². The molecule has 0 aliphatic heterocycles. The summed E-state index contributed by atoms with van der Waals surface area (Å²) < 4.78 is 26.2. The normalized spacial score (nSPS) is 10.9. The number of hydrogen-bond donors (Lipinski definition) is 2. The van der Waals surface area contributed by atoms with E-state index in [1.165, 1.54) is 12.1 Å². The Morgan fingerprint density at radius 1 is 1.05 bits per heavy atom. The molecule has 2 N–H and O–H groups in total. The molecule has 1 aromatic heterocycles. The maximum absolute atomic E-state index is 13.1. The van der Waals surface area contributed by atoms with Gasteiger partial charge in [-0.05, 0) is 18.2 Å². The minimum Gasteiger partial charge on any atom is -0.379 e. The van der Waals surface area contributed by atoms with E-state index < -0.39 is 11.6 Å². The first kappa shape index (κ1) is 12.9. The van der Waals surface area contributed by atoms with Crippen LogP contribution in [0.2, 0.25) is 5.02 Å². The molecule has 0 unspecified atom stereocenters. The molecule has 3 aromatic rings. The zero-order valence-corrected chi connectivity index (χ0v) is 11.1. The van der Waals surface area contributed by atoms with Gasteiger partial charge in [0.15, 0.2) is 0 Å². The fourth-order valence-electron chi connectivity index (χ4n) is 2.13. The molecule has 0 bridgehead atoms. The van der Waals surface area contributed by atoms with Gasteiger partial charge in [-0.2, -0.15) is 0 Å². The van der Waals surface area contributed by atoms with Crippen LogP contribution in [0.4, 0.5) is 14.5 Å². The number of fused-ring (bicyclic) bond motifs is 1. The van der Waals surface area contributed by atoms with Crippen molar-refractivity contribution in [1.29, 1.82) is 0 Å². The summed E-state index contributed by atoms with van der Waals surface area (Å²) >= 11 is 6.27. The van der Waals surface area contributed by atoms with Gasteiger partial charge in [0, 0.05) is 22.7 Å². The van der Waals surface area contributed by atoms with Crippen LogP contribution in [0.25, 0.3) is 10.9 Å². The number of para-hydroxylation sites is 1. The lowest BCUT2D eigenvalue weighted by atomic mass is 10.2. The predicted octanol–water partition coefficient (Wildman–Crippen LogP) is 4.71. The molecule has 0 saturated heterocycles. The Bertz CT molecular complexity index is 747. The molecule has 2 nitrogen and oxygen atoms in total. The molecule has 5 heteroatoms. The van der Waals surface area contributed by atoms with Crippen molar-refractivity contribution in [1.82, 2.24) is 4.98 Å². The number of aromatic amines is 1. The van der Waals surface area contributed by atoms with Gasteiger partial charge in [0.25, 0.3) is 0 Å². The Labute approximate surface area is 119 Å². The monoisotopic (exact) mass is 292 g/mol. The Balaban J connectivity index is 1.84. The van der Waals surface area contributed by atoms with E-state index in [1.807, 2.05) is 24.3 Å². The highest BCUT2D eigenvalue weighted by Crippen LogP contribution is 2.27. The first-order valence-corrected chi connectivity index (χ1v) is 6.46. The molecule has 0 saturated carbocycles. The molecule has 20 heavy (non-hydrogen) atoms. The molecule has 0 spiro atoms.